The number of ether oxygens (including phenoxy) is 1. The molecule has 4 heteroatoms. The SMILES string of the molecule is CCCN(C(=O)COc1ccccc1N)C(C)C. The molecule has 1 amide bonds. The largest absolute Gasteiger partial charge is 0.482 e. The molecule has 4 nitrogen and oxygen atoms in total. The molecule has 0 heterocycles. The lowest BCUT2D eigenvalue weighted by Crippen LogP contribution is -2.40. The molecular formula is C14H22N2O2. The molecule has 0 bridgehead atoms. The van der Waals surface area contributed by atoms with E-state index in [4.69, 9.17) is 10.5 Å². The third-order valence-electron chi connectivity index (χ3n) is 2.68. The fraction of sp³-hybridized carbons (Fsp3) is 0.500. The van der Waals surface area contributed by atoms with Gasteiger partial charge in [-0.25, -0.2) is 0 Å². The van der Waals surface area contributed by atoms with Crippen LogP contribution in [0.1, 0.15) is 27.2 Å². The summed E-state index contributed by atoms with van der Waals surface area (Å²) >= 11 is 0. The third-order valence-corrected chi connectivity index (χ3v) is 2.68. The lowest BCUT2D eigenvalue weighted by atomic mass is 10.3. The molecule has 1 aromatic rings. The summed E-state index contributed by atoms with van der Waals surface area (Å²) in [6.07, 6.45) is 0.942. The van der Waals surface area contributed by atoms with Crippen molar-refractivity contribution < 1.29 is 9.53 Å². The van der Waals surface area contributed by atoms with E-state index in [1.54, 1.807) is 12.1 Å². The summed E-state index contributed by atoms with van der Waals surface area (Å²) in [6.45, 7) is 6.85. The maximum Gasteiger partial charge on any atom is 0.260 e. The number of para-hydroxylation sites is 2. The fourth-order valence-corrected chi connectivity index (χ4v) is 1.75. The molecule has 0 atom stereocenters. The highest BCUT2D eigenvalue weighted by atomic mass is 16.5. The van der Waals surface area contributed by atoms with Gasteiger partial charge in [0.25, 0.3) is 5.91 Å². The minimum Gasteiger partial charge on any atom is -0.482 e. The zero-order chi connectivity index (χ0) is 13.5. The van der Waals surface area contributed by atoms with Gasteiger partial charge in [-0.05, 0) is 32.4 Å². The van der Waals surface area contributed by atoms with Crippen molar-refractivity contribution >= 4 is 11.6 Å². The predicted octanol–water partition coefficient (Wildman–Crippen LogP) is 2.29. The second-order valence-corrected chi connectivity index (χ2v) is 4.51. The van der Waals surface area contributed by atoms with Crippen molar-refractivity contribution in [3.63, 3.8) is 0 Å². The van der Waals surface area contributed by atoms with Crippen LogP contribution in [-0.2, 0) is 4.79 Å². The minimum absolute atomic E-state index is 0.00453. The number of carbonyl (C=O) groups is 1. The molecule has 1 rings (SSSR count). The van der Waals surface area contributed by atoms with Crippen molar-refractivity contribution in [1.82, 2.24) is 4.90 Å². The molecule has 0 unspecified atom stereocenters. The first-order valence-corrected chi connectivity index (χ1v) is 6.33. The molecule has 0 fully saturated rings. The third kappa shape index (κ3) is 3.95. The topological polar surface area (TPSA) is 55.6 Å². The Kier molecular flexibility index (Phi) is 5.49. The van der Waals surface area contributed by atoms with Gasteiger partial charge in [0, 0.05) is 12.6 Å². The van der Waals surface area contributed by atoms with Crippen LogP contribution in [0.2, 0.25) is 0 Å². The molecule has 0 radical (unpaired) electrons. The van der Waals surface area contributed by atoms with E-state index in [2.05, 4.69) is 6.92 Å². The zero-order valence-corrected chi connectivity index (χ0v) is 11.3. The van der Waals surface area contributed by atoms with E-state index in [1.807, 2.05) is 30.9 Å². The molecule has 0 spiro atoms. The highest BCUT2D eigenvalue weighted by molar-refractivity contribution is 5.78. The van der Waals surface area contributed by atoms with Gasteiger partial charge < -0.3 is 15.4 Å². The number of nitrogens with two attached hydrogens (primary N) is 1. The number of benzene rings is 1. The van der Waals surface area contributed by atoms with Crippen LogP contribution in [0.5, 0.6) is 5.75 Å². The molecule has 0 saturated carbocycles. The van der Waals surface area contributed by atoms with Gasteiger partial charge in [-0.15, -0.1) is 0 Å². The second-order valence-electron chi connectivity index (χ2n) is 4.51. The van der Waals surface area contributed by atoms with Crippen LogP contribution < -0.4 is 10.5 Å². The minimum atomic E-state index is -0.00453. The van der Waals surface area contributed by atoms with Crippen LogP contribution in [0.3, 0.4) is 0 Å². The van der Waals surface area contributed by atoms with Crippen LogP contribution in [0.25, 0.3) is 0 Å². The Bertz CT molecular complexity index is 391. The van der Waals surface area contributed by atoms with Gasteiger partial charge in [0.2, 0.25) is 0 Å². The van der Waals surface area contributed by atoms with Crippen LogP contribution in [0.15, 0.2) is 24.3 Å². The molecule has 0 aliphatic rings. The number of carbonyl (C=O) groups excluding carboxylic acids is 1. The van der Waals surface area contributed by atoms with E-state index in [-0.39, 0.29) is 18.6 Å². The number of nitrogen functional groups attached to an aromatic ring is 1. The van der Waals surface area contributed by atoms with Crippen LogP contribution in [0.4, 0.5) is 5.69 Å². The van der Waals surface area contributed by atoms with Gasteiger partial charge in [0.05, 0.1) is 5.69 Å². The standard InChI is InChI=1S/C14H22N2O2/c1-4-9-16(11(2)3)14(17)10-18-13-8-6-5-7-12(13)15/h5-8,11H,4,9-10,15H2,1-3H3. The van der Waals surface area contributed by atoms with E-state index in [0.717, 1.165) is 13.0 Å². The smallest absolute Gasteiger partial charge is 0.260 e. The quantitative estimate of drug-likeness (QED) is 0.788. The number of hydrogen-bond donors (Lipinski definition) is 1. The Morgan fingerprint density at radius 1 is 1.39 bits per heavy atom. The van der Waals surface area contributed by atoms with Gasteiger partial charge in [-0.3, -0.25) is 4.79 Å². The van der Waals surface area contributed by atoms with E-state index >= 15 is 0 Å². The van der Waals surface area contributed by atoms with E-state index < -0.39 is 0 Å². The van der Waals surface area contributed by atoms with Gasteiger partial charge in [0.15, 0.2) is 6.61 Å². The Balaban J connectivity index is 2.57. The summed E-state index contributed by atoms with van der Waals surface area (Å²) in [7, 11) is 0. The summed E-state index contributed by atoms with van der Waals surface area (Å²) in [5, 5.41) is 0. The molecule has 0 aromatic heterocycles. The van der Waals surface area contributed by atoms with Crippen LogP contribution in [0, 0.1) is 0 Å². The summed E-state index contributed by atoms with van der Waals surface area (Å²) in [6, 6.07) is 7.38. The van der Waals surface area contributed by atoms with Crippen molar-refractivity contribution in [3.05, 3.63) is 24.3 Å². The molecule has 100 valence electrons. The highest BCUT2D eigenvalue weighted by Crippen LogP contribution is 2.19. The Morgan fingerprint density at radius 2 is 2.06 bits per heavy atom. The average Bonchev–Trinajstić information content (AvgIpc) is 2.34. The number of rotatable bonds is 6. The molecule has 0 saturated heterocycles. The monoisotopic (exact) mass is 250 g/mol. The molecule has 2 N–H and O–H groups in total. The lowest BCUT2D eigenvalue weighted by molar-refractivity contribution is -0.135. The first kappa shape index (κ1) is 14.4. The molecule has 18 heavy (non-hydrogen) atoms. The van der Waals surface area contributed by atoms with Gasteiger partial charge in [0.1, 0.15) is 5.75 Å². The zero-order valence-electron chi connectivity index (χ0n) is 11.3. The van der Waals surface area contributed by atoms with Crippen molar-refractivity contribution in [1.29, 1.82) is 0 Å². The number of nitrogens with zero attached hydrogens (tertiary/aromatic N) is 1. The molecular weight excluding hydrogens is 228 g/mol. The Hall–Kier alpha value is -1.71. The van der Waals surface area contributed by atoms with E-state index in [1.165, 1.54) is 0 Å². The fourth-order valence-electron chi connectivity index (χ4n) is 1.75. The Morgan fingerprint density at radius 3 is 2.61 bits per heavy atom. The summed E-state index contributed by atoms with van der Waals surface area (Å²) < 4.78 is 5.46. The van der Waals surface area contributed by atoms with Crippen LogP contribution in [-0.4, -0.2) is 30.0 Å². The van der Waals surface area contributed by atoms with E-state index in [9.17, 15) is 4.79 Å². The summed E-state index contributed by atoms with van der Waals surface area (Å²) in [5.74, 6) is 0.557. The van der Waals surface area contributed by atoms with Crippen molar-refractivity contribution in [3.8, 4) is 5.75 Å². The summed E-state index contributed by atoms with van der Waals surface area (Å²) in [5.41, 5.74) is 6.30. The number of anilines is 1. The molecule has 1 aromatic carbocycles. The lowest BCUT2D eigenvalue weighted by Gasteiger charge is -2.26. The first-order chi connectivity index (χ1) is 8.56. The average molecular weight is 250 g/mol. The van der Waals surface area contributed by atoms with E-state index in [0.29, 0.717) is 11.4 Å². The molecule has 0 aliphatic heterocycles. The van der Waals surface area contributed by atoms with Crippen molar-refractivity contribution in [2.45, 2.75) is 33.2 Å². The number of hydrogen-bond acceptors (Lipinski definition) is 3. The normalized spacial score (nSPS) is 10.4. The van der Waals surface area contributed by atoms with Gasteiger partial charge in [-0.2, -0.15) is 0 Å². The highest BCUT2D eigenvalue weighted by Gasteiger charge is 2.16. The predicted molar refractivity (Wildman–Crippen MR) is 73.5 cm³/mol. The maximum absolute atomic E-state index is 12.0. The van der Waals surface area contributed by atoms with Gasteiger partial charge >= 0.3 is 0 Å². The number of amides is 1. The maximum atomic E-state index is 12.0. The molecule has 0 aliphatic carbocycles. The second kappa shape index (κ2) is 6.89. The summed E-state index contributed by atoms with van der Waals surface area (Å²) in [4.78, 5) is 13.8. The van der Waals surface area contributed by atoms with Crippen molar-refractivity contribution in [2.75, 3.05) is 18.9 Å². The van der Waals surface area contributed by atoms with Crippen molar-refractivity contribution in [2.24, 2.45) is 0 Å². The van der Waals surface area contributed by atoms with Gasteiger partial charge in [-0.1, -0.05) is 19.1 Å². The van der Waals surface area contributed by atoms with Crippen LogP contribution >= 0.6 is 0 Å². The Labute approximate surface area is 109 Å². The first-order valence-electron chi connectivity index (χ1n) is 6.33.